The number of nitrogens with one attached hydrogen (secondary N) is 1. The van der Waals surface area contributed by atoms with E-state index in [1.54, 1.807) is 0 Å². The zero-order valence-electron chi connectivity index (χ0n) is 9.30. The summed E-state index contributed by atoms with van der Waals surface area (Å²) in [6.07, 6.45) is 3.03. The highest BCUT2D eigenvalue weighted by atomic mass is 32.2. The van der Waals surface area contributed by atoms with Crippen molar-refractivity contribution in [3.05, 3.63) is 18.3 Å². The van der Waals surface area contributed by atoms with Crippen molar-refractivity contribution in [2.75, 3.05) is 18.9 Å². The summed E-state index contributed by atoms with van der Waals surface area (Å²) >= 11 is 0. The van der Waals surface area contributed by atoms with Crippen LogP contribution in [-0.2, 0) is 14.8 Å². The molecular formula is C10H15N3O3S. The Morgan fingerprint density at radius 2 is 2.35 bits per heavy atom. The first-order chi connectivity index (χ1) is 8.08. The number of hydrogen-bond acceptors (Lipinski definition) is 5. The number of nitrogens with two attached hydrogens (primary N) is 1. The van der Waals surface area contributed by atoms with E-state index in [-0.39, 0.29) is 16.8 Å². The Hall–Kier alpha value is -1.18. The van der Waals surface area contributed by atoms with E-state index in [0.29, 0.717) is 13.2 Å². The van der Waals surface area contributed by atoms with Gasteiger partial charge in [0.1, 0.15) is 5.82 Å². The molecule has 1 unspecified atom stereocenters. The fraction of sp³-hybridized carbons (Fsp3) is 0.500. The van der Waals surface area contributed by atoms with Crippen molar-refractivity contribution in [3.8, 4) is 0 Å². The van der Waals surface area contributed by atoms with Gasteiger partial charge in [0.2, 0.25) is 10.0 Å². The van der Waals surface area contributed by atoms with Gasteiger partial charge in [-0.1, -0.05) is 0 Å². The molecule has 1 aromatic rings. The number of aromatic nitrogens is 1. The fourth-order valence-electron chi connectivity index (χ4n) is 1.72. The van der Waals surface area contributed by atoms with Gasteiger partial charge in [0.15, 0.2) is 0 Å². The molecule has 17 heavy (non-hydrogen) atoms. The Morgan fingerprint density at radius 3 is 3.00 bits per heavy atom. The van der Waals surface area contributed by atoms with Crippen LogP contribution in [0.3, 0.4) is 0 Å². The van der Waals surface area contributed by atoms with Crippen LogP contribution in [0.1, 0.15) is 12.8 Å². The number of pyridine rings is 1. The molecule has 0 saturated carbocycles. The molecule has 2 rings (SSSR count). The molecule has 1 saturated heterocycles. The van der Waals surface area contributed by atoms with E-state index in [9.17, 15) is 8.42 Å². The number of nitrogen functional groups attached to an aromatic ring is 1. The van der Waals surface area contributed by atoms with E-state index < -0.39 is 10.0 Å². The molecule has 1 fully saturated rings. The van der Waals surface area contributed by atoms with Crippen LogP contribution in [0.5, 0.6) is 0 Å². The van der Waals surface area contributed by atoms with E-state index in [1.807, 2.05) is 0 Å². The number of ether oxygens (including phenoxy) is 1. The Kier molecular flexibility index (Phi) is 3.60. The van der Waals surface area contributed by atoms with Crippen molar-refractivity contribution in [2.45, 2.75) is 23.8 Å². The molecular weight excluding hydrogens is 242 g/mol. The van der Waals surface area contributed by atoms with Gasteiger partial charge in [-0.05, 0) is 18.9 Å². The molecule has 0 bridgehead atoms. The largest absolute Gasteiger partial charge is 0.384 e. The highest BCUT2D eigenvalue weighted by Gasteiger charge is 2.22. The summed E-state index contributed by atoms with van der Waals surface area (Å²) in [5.41, 5.74) is 5.46. The van der Waals surface area contributed by atoms with E-state index >= 15 is 0 Å². The maximum absolute atomic E-state index is 12.0. The van der Waals surface area contributed by atoms with Gasteiger partial charge in [0.25, 0.3) is 0 Å². The van der Waals surface area contributed by atoms with Crippen molar-refractivity contribution < 1.29 is 13.2 Å². The second-order valence-corrected chi connectivity index (χ2v) is 5.67. The van der Waals surface area contributed by atoms with Gasteiger partial charge in [-0.25, -0.2) is 18.1 Å². The minimum atomic E-state index is -3.53. The molecule has 0 aromatic carbocycles. The average Bonchev–Trinajstić information content (AvgIpc) is 2.30. The van der Waals surface area contributed by atoms with Gasteiger partial charge in [-0.3, -0.25) is 0 Å². The molecule has 0 amide bonds. The lowest BCUT2D eigenvalue weighted by atomic mass is 10.1. The molecule has 94 valence electrons. The Bertz CT molecular complexity index is 483. The van der Waals surface area contributed by atoms with Crippen molar-refractivity contribution in [1.82, 2.24) is 9.71 Å². The summed E-state index contributed by atoms with van der Waals surface area (Å²) in [4.78, 5) is 3.90. The number of hydrogen-bond donors (Lipinski definition) is 2. The fourth-order valence-corrected chi connectivity index (χ4v) is 2.99. The monoisotopic (exact) mass is 257 g/mol. The van der Waals surface area contributed by atoms with Gasteiger partial charge < -0.3 is 10.5 Å². The predicted molar refractivity (Wildman–Crippen MR) is 62.8 cm³/mol. The zero-order chi connectivity index (χ0) is 12.3. The topological polar surface area (TPSA) is 94.3 Å². The molecule has 6 nitrogen and oxygen atoms in total. The lowest BCUT2D eigenvalue weighted by Gasteiger charge is -2.22. The van der Waals surface area contributed by atoms with Crippen molar-refractivity contribution >= 4 is 15.8 Å². The standard InChI is InChI=1S/C10H15N3O3S/c11-10-6-9(3-4-12-10)17(14,15)13-8-2-1-5-16-7-8/h3-4,6,8,13H,1-2,5,7H2,(H2,11,12). The predicted octanol–water partition coefficient (Wildman–Crippen LogP) is 0.121. The highest BCUT2D eigenvalue weighted by molar-refractivity contribution is 7.89. The minimum Gasteiger partial charge on any atom is -0.384 e. The van der Waals surface area contributed by atoms with Crippen LogP contribution in [0.4, 0.5) is 5.82 Å². The van der Waals surface area contributed by atoms with Crippen molar-refractivity contribution in [3.63, 3.8) is 0 Å². The van der Waals surface area contributed by atoms with E-state index in [4.69, 9.17) is 10.5 Å². The zero-order valence-corrected chi connectivity index (χ0v) is 10.1. The highest BCUT2D eigenvalue weighted by Crippen LogP contribution is 2.13. The van der Waals surface area contributed by atoms with Crippen molar-refractivity contribution in [2.24, 2.45) is 0 Å². The minimum absolute atomic E-state index is 0.135. The van der Waals surface area contributed by atoms with Crippen molar-refractivity contribution in [1.29, 1.82) is 0 Å². The first-order valence-corrected chi connectivity index (χ1v) is 6.88. The number of sulfonamides is 1. The molecule has 2 heterocycles. The molecule has 0 radical (unpaired) electrons. The third-order valence-electron chi connectivity index (χ3n) is 2.54. The van der Waals surface area contributed by atoms with Gasteiger partial charge in [-0.15, -0.1) is 0 Å². The number of nitrogens with zero attached hydrogens (tertiary/aromatic N) is 1. The summed E-state index contributed by atoms with van der Waals surface area (Å²) in [5, 5.41) is 0. The Balaban J connectivity index is 2.13. The second kappa shape index (κ2) is 4.99. The lowest BCUT2D eigenvalue weighted by Crippen LogP contribution is -2.40. The molecule has 0 aliphatic carbocycles. The van der Waals surface area contributed by atoms with Crippen LogP contribution in [-0.4, -0.2) is 32.7 Å². The van der Waals surface area contributed by atoms with Gasteiger partial charge in [-0.2, -0.15) is 0 Å². The molecule has 1 aliphatic heterocycles. The van der Waals surface area contributed by atoms with E-state index in [2.05, 4.69) is 9.71 Å². The van der Waals surface area contributed by atoms with Crippen LogP contribution in [0.15, 0.2) is 23.2 Å². The quantitative estimate of drug-likeness (QED) is 0.802. The van der Waals surface area contributed by atoms with E-state index in [0.717, 1.165) is 12.8 Å². The van der Waals surface area contributed by atoms with Crippen LogP contribution < -0.4 is 10.5 Å². The van der Waals surface area contributed by atoms with Crippen LogP contribution in [0.2, 0.25) is 0 Å². The van der Waals surface area contributed by atoms with Crippen LogP contribution in [0, 0.1) is 0 Å². The summed E-state index contributed by atoms with van der Waals surface area (Å²) in [5.74, 6) is 0.188. The maximum Gasteiger partial charge on any atom is 0.241 e. The second-order valence-electron chi connectivity index (χ2n) is 3.95. The smallest absolute Gasteiger partial charge is 0.241 e. The Labute approximate surface area is 100 Å². The van der Waals surface area contributed by atoms with E-state index in [1.165, 1.54) is 18.3 Å². The normalized spacial score (nSPS) is 21.3. The summed E-state index contributed by atoms with van der Waals surface area (Å²) in [6, 6.07) is 2.59. The van der Waals surface area contributed by atoms with Gasteiger partial charge in [0, 0.05) is 24.9 Å². The number of anilines is 1. The molecule has 3 N–H and O–H groups in total. The summed E-state index contributed by atoms with van der Waals surface area (Å²) in [7, 11) is -3.53. The first kappa shape index (κ1) is 12.3. The molecule has 1 aromatic heterocycles. The van der Waals surface area contributed by atoms with Crippen LogP contribution >= 0.6 is 0 Å². The maximum atomic E-state index is 12.0. The number of rotatable bonds is 3. The lowest BCUT2D eigenvalue weighted by molar-refractivity contribution is 0.0774. The van der Waals surface area contributed by atoms with Gasteiger partial charge >= 0.3 is 0 Å². The molecule has 1 aliphatic rings. The van der Waals surface area contributed by atoms with Gasteiger partial charge in [0.05, 0.1) is 11.5 Å². The Morgan fingerprint density at radius 1 is 1.53 bits per heavy atom. The molecule has 0 spiro atoms. The first-order valence-electron chi connectivity index (χ1n) is 5.39. The average molecular weight is 257 g/mol. The van der Waals surface area contributed by atoms with Crippen LogP contribution in [0.25, 0.3) is 0 Å². The molecule has 7 heteroatoms. The SMILES string of the molecule is Nc1cc(S(=O)(=O)NC2CCCOC2)ccn1. The third-order valence-corrected chi connectivity index (χ3v) is 4.06. The molecule has 1 atom stereocenters. The summed E-state index contributed by atoms with van der Waals surface area (Å²) < 4.78 is 31.8. The summed E-state index contributed by atoms with van der Waals surface area (Å²) in [6.45, 7) is 1.11. The third kappa shape index (κ3) is 3.15.